The maximum absolute atomic E-state index is 11.8. The summed E-state index contributed by atoms with van der Waals surface area (Å²) < 4.78 is 0. The minimum absolute atomic E-state index is 0.244. The first-order chi connectivity index (χ1) is 10.3. The smallest absolute Gasteiger partial charge is 0.347 e. The maximum atomic E-state index is 11.8. The first-order valence-electron chi connectivity index (χ1n) is 7.46. The normalized spacial score (nSPS) is 17.2. The lowest BCUT2D eigenvalue weighted by molar-refractivity contribution is 0.610. The van der Waals surface area contributed by atoms with Gasteiger partial charge in [0.05, 0.1) is 0 Å². The van der Waals surface area contributed by atoms with E-state index >= 15 is 0 Å². The van der Waals surface area contributed by atoms with Crippen LogP contribution in [0.5, 0.6) is 0 Å². The first kappa shape index (κ1) is 12.6. The topological polar surface area (TPSA) is 61.0 Å². The second-order valence-electron chi connectivity index (χ2n) is 5.69. The molecule has 21 heavy (non-hydrogen) atoms. The molecular formula is C16H18N4O. The highest BCUT2D eigenvalue weighted by Crippen LogP contribution is 2.27. The van der Waals surface area contributed by atoms with Crippen LogP contribution < -0.4 is 15.9 Å². The van der Waals surface area contributed by atoms with Crippen LogP contribution in [0.15, 0.2) is 29.1 Å². The second-order valence-corrected chi connectivity index (χ2v) is 5.69. The predicted octanol–water partition coefficient (Wildman–Crippen LogP) is 0.978. The molecule has 3 heterocycles. The Kier molecular flexibility index (Phi) is 3.00. The third-order valence-electron chi connectivity index (χ3n) is 4.38. The zero-order valence-electron chi connectivity index (χ0n) is 11.9. The number of benzene rings is 1. The number of nitrogens with zero attached hydrogens (tertiary/aromatic N) is 2. The molecule has 5 nitrogen and oxygen atoms in total. The van der Waals surface area contributed by atoms with Gasteiger partial charge in [-0.1, -0.05) is 24.3 Å². The minimum Gasteiger partial charge on any atom is -0.351 e. The van der Waals surface area contributed by atoms with Crippen molar-refractivity contribution >= 4 is 5.82 Å². The summed E-state index contributed by atoms with van der Waals surface area (Å²) in [4.78, 5) is 21.2. The number of nitrogens with one attached hydrogen (secondary N) is 2. The molecule has 0 saturated carbocycles. The molecule has 4 rings (SSSR count). The lowest BCUT2D eigenvalue weighted by atomic mass is 9.99. The second kappa shape index (κ2) is 5.00. The Morgan fingerprint density at radius 3 is 2.90 bits per heavy atom. The summed E-state index contributed by atoms with van der Waals surface area (Å²) in [5.41, 5.74) is 4.71. The number of fused-ring (bicyclic) bond motifs is 2. The quantitative estimate of drug-likeness (QED) is 0.818. The summed E-state index contributed by atoms with van der Waals surface area (Å²) in [6.45, 7) is 3.43. The summed E-state index contributed by atoms with van der Waals surface area (Å²) in [7, 11) is 0. The molecule has 0 unspecified atom stereocenters. The lowest BCUT2D eigenvalue weighted by Gasteiger charge is -2.32. The Morgan fingerprint density at radius 2 is 2.00 bits per heavy atom. The molecule has 0 fully saturated rings. The third-order valence-corrected chi connectivity index (χ3v) is 4.38. The molecule has 0 saturated heterocycles. The van der Waals surface area contributed by atoms with E-state index in [1.54, 1.807) is 0 Å². The number of hydrogen-bond donors (Lipinski definition) is 2. The van der Waals surface area contributed by atoms with E-state index in [4.69, 9.17) is 0 Å². The molecule has 2 aromatic rings. The lowest BCUT2D eigenvalue weighted by Crippen LogP contribution is -2.36. The van der Waals surface area contributed by atoms with Gasteiger partial charge in [0.2, 0.25) is 0 Å². The Hall–Kier alpha value is -2.14. The molecule has 0 radical (unpaired) electrons. The fraction of sp³-hybridized carbons (Fsp3) is 0.375. The highest BCUT2D eigenvalue weighted by Gasteiger charge is 2.23. The van der Waals surface area contributed by atoms with Gasteiger partial charge in [-0.3, -0.25) is 0 Å². The fourth-order valence-corrected chi connectivity index (χ4v) is 3.31. The zero-order valence-corrected chi connectivity index (χ0v) is 11.9. The fourth-order valence-electron chi connectivity index (χ4n) is 3.31. The highest BCUT2D eigenvalue weighted by atomic mass is 16.1. The van der Waals surface area contributed by atoms with Gasteiger partial charge in [0.25, 0.3) is 0 Å². The number of H-pyrrole nitrogens is 1. The highest BCUT2D eigenvalue weighted by molar-refractivity contribution is 5.52. The predicted molar refractivity (Wildman–Crippen MR) is 81.5 cm³/mol. The number of hydrogen-bond acceptors (Lipinski definition) is 4. The largest absolute Gasteiger partial charge is 0.351 e. The summed E-state index contributed by atoms with van der Waals surface area (Å²) in [5.74, 6) is 0.879. The molecule has 2 aliphatic heterocycles. The van der Waals surface area contributed by atoms with E-state index < -0.39 is 0 Å². The summed E-state index contributed by atoms with van der Waals surface area (Å²) in [6.07, 6.45) is 1.93. The van der Waals surface area contributed by atoms with Gasteiger partial charge in [0, 0.05) is 30.9 Å². The zero-order chi connectivity index (χ0) is 14.2. The molecule has 0 spiro atoms. The number of rotatable bonds is 1. The van der Waals surface area contributed by atoms with Gasteiger partial charge in [-0.25, -0.2) is 4.79 Å². The monoisotopic (exact) mass is 282 g/mol. The molecule has 1 aromatic carbocycles. The minimum atomic E-state index is -0.244. The van der Waals surface area contributed by atoms with E-state index in [2.05, 4.69) is 44.5 Å². The van der Waals surface area contributed by atoms with Crippen molar-refractivity contribution in [3.63, 3.8) is 0 Å². The molecule has 0 amide bonds. The SMILES string of the molecule is O=c1nc(N2CCc3ccccc3C2)c2c([nH]1)CNCC2. The van der Waals surface area contributed by atoms with Crippen molar-refractivity contribution in [2.75, 3.05) is 18.0 Å². The Labute approximate surface area is 123 Å². The molecular weight excluding hydrogens is 264 g/mol. The van der Waals surface area contributed by atoms with Gasteiger partial charge in [0.15, 0.2) is 0 Å². The van der Waals surface area contributed by atoms with Crippen molar-refractivity contribution in [3.8, 4) is 0 Å². The van der Waals surface area contributed by atoms with Crippen molar-refractivity contribution < 1.29 is 0 Å². The van der Waals surface area contributed by atoms with Crippen molar-refractivity contribution in [2.45, 2.75) is 25.9 Å². The molecule has 108 valence electrons. The van der Waals surface area contributed by atoms with Gasteiger partial charge < -0.3 is 15.2 Å². The van der Waals surface area contributed by atoms with Crippen LogP contribution in [0.2, 0.25) is 0 Å². The molecule has 0 bridgehead atoms. The van der Waals surface area contributed by atoms with Crippen molar-refractivity contribution in [2.24, 2.45) is 0 Å². The van der Waals surface area contributed by atoms with E-state index in [0.29, 0.717) is 0 Å². The molecule has 1 aromatic heterocycles. The average Bonchev–Trinajstić information content (AvgIpc) is 2.53. The Morgan fingerprint density at radius 1 is 1.14 bits per heavy atom. The third kappa shape index (κ3) is 2.23. The van der Waals surface area contributed by atoms with Crippen molar-refractivity contribution in [1.29, 1.82) is 0 Å². The molecule has 2 aliphatic rings. The molecule has 0 aliphatic carbocycles. The first-order valence-corrected chi connectivity index (χ1v) is 7.46. The van der Waals surface area contributed by atoms with E-state index in [0.717, 1.165) is 50.5 Å². The van der Waals surface area contributed by atoms with Crippen molar-refractivity contribution in [1.82, 2.24) is 15.3 Å². The van der Waals surface area contributed by atoms with Crippen LogP contribution in [0.1, 0.15) is 22.4 Å². The average molecular weight is 282 g/mol. The van der Waals surface area contributed by atoms with Gasteiger partial charge in [-0.15, -0.1) is 0 Å². The number of aromatic nitrogens is 2. The van der Waals surface area contributed by atoms with Crippen LogP contribution in [0, 0.1) is 0 Å². The van der Waals surface area contributed by atoms with E-state index in [9.17, 15) is 4.79 Å². The molecule has 0 atom stereocenters. The van der Waals surface area contributed by atoms with E-state index in [1.807, 2.05) is 0 Å². The van der Waals surface area contributed by atoms with Crippen molar-refractivity contribution in [3.05, 3.63) is 57.1 Å². The van der Waals surface area contributed by atoms with Crippen LogP contribution >= 0.6 is 0 Å². The van der Waals surface area contributed by atoms with Crippen LogP contribution in [-0.2, 0) is 25.9 Å². The maximum Gasteiger partial charge on any atom is 0.347 e. The standard InChI is InChI=1S/C16H18N4O/c21-16-18-14-9-17-7-5-13(14)15(19-16)20-8-6-11-3-1-2-4-12(11)10-20/h1-4,17H,5-10H2,(H,18,19,21). The summed E-state index contributed by atoms with van der Waals surface area (Å²) >= 11 is 0. The van der Waals surface area contributed by atoms with Crippen LogP contribution in [0.25, 0.3) is 0 Å². The molecule has 2 N–H and O–H groups in total. The van der Waals surface area contributed by atoms with E-state index in [-0.39, 0.29) is 5.69 Å². The summed E-state index contributed by atoms with van der Waals surface area (Å²) in [5, 5.41) is 3.30. The van der Waals surface area contributed by atoms with Gasteiger partial charge in [-0.05, 0) is 30.5 Å². The van der Waals surface area contributed by atoms with Gasteiger partial charge >= 0.3 is 5.69 Å². The summed E-state index contributed by atoms with van der Waals surface area (Å²) in [6, 6.07) is 8.53. The van der Waals surface area contributed by atoms with Gasteiger partial charge in [-0.2, -0.15) is 4.98 Å². The van der Waals surface area contributed by atoms with Crippen LogP contribution in [0.3, 0.4) is 0 Å². The van der Waals surface area contributed by atoms with E-state index in [1.165, 1.54) is 16.7 Å². The van der Waals surface area contributed by atoms with Crippen LogP contribution in [-0.4, -0.2) is 23.1 Å². The van der Waals surface area contributed by atoms with Gasteiger partial charge in [0.1, 0.15) is 5.82 Å². The number of anilines is 1. The molecule has 5 heteroatoms. The Balaban J connectivity index is 1.75. The Bertz CT molecular complexity index is 737. The van der Waals surface area contributed by atoms with Crippen LogP contribution in [0.4, 0.5) is 5.82 Å². The number of aromatic amines is 1.